The smallest absolute Gasteiger partial charge is 0.326 e. The topological polar surface area (TPSA) is 79.3 Å². The minimum Gasteiger partial charge on any atom is -0.480 e. The molecule has 1 heterocycles. The molecule has 0 fully saturated rings. The lowest BCUT2D eigenvalue weighted by Crippen LogP contribution is -2.41. The first kappa shape index (κ1) is 16.6. The van der Waals surface area contributed by atoms with Gasteiger partial charge in [0.05, 0.1) is 5.01 Å². The molecule has 0 saturated carbocycles. The first-order valence-corrected chi connectivity index (χ1v) is 7.69. The van der Waals surface area contributed by atoms with Crippen LogP contribution in [-0.4, -0.2) is 28.0 Å². The van der Waals surface area contributed by atoms with E-state index in [1.165, 1.54) is 0 Å². The van der Waals surface area contributed by atoms with Crippen LogP contribution in [0.1, 0.15) is 43.8 Å². The van der Waals surface area contributed by atoms with Crippen molar-refractivity contribution in [3.8, 4) is 0 Å². The molecule has 0 bridgehead atoms. The van der Waals surface area contributed by atoms with Gasteiger partial charge >= 0.3 is 5.97 Å². The Balaban J connectivity index is 2.32. The summed E-state index contributed by atoms with van der Waals surface area (Å²) in [4.78, 5) is 27.1. The molecule has 6 heteroatoms. The highest BCUT2D eigenvalue weighted by molar-refractivity contribution is 7.09. The second kappa shape index (κ2) is 7.99. The summed E-state index contributed by atoms with van der Waals surface area (Å²) in [5.41, 5.74) is 0.998. The number of carboxylic acids is 1. The normalized spacial score (nSPS) is 12.4. The number of hydrogen-bond donors (Lipinski definition) is 2. The van der Waals surface area contributed by atoms with E-state index in [9.17, 15) is 9.59 Å². The molecule has 1 atom stereocenters. The lowest BCUT2D eigenvalue weighted by Gasteiger charge is -2.16. The number of aromatic nitrogens is 1. The first-order valence-electron chi connectivity index (χ1n) is 6.81. The van der Waals surface area contributed by atoms with Gasteiger partial charge in [-0.15, -0.1) is 11.3 Å². The molecular weight excluding hydrogens is 276 g/mol. The van der Waals surface area contributed by atoms with Gasteiger partial charge in [-0.3, -0.25) is 4.79 Å². The van der Waals surface area contributed by atoms with Crippen LogP contribution in [0.4, 0.5) is 0 Å². The molecule has 1 amide bonds. The highest BCUT2D eigenvalue weighted by atomic mass is 32.1. The molecule has 112 valence electrons. The molecule has 20 heavy (non-hydrogen) atoms. The third-order valence-corrected chi connectivity index (χ3v) is 3.83. The predicted octanol–water partition coefficient (Wildman–Crippen LogP) is 2.39. The quantitative estimate of drug-likeness (QED) is 0.772. The van der Waals surface area contributed by atoms with Crippen LogP contribution in [0.15, 0.2) is 5.38 Å². The SMILES string of the molecule is Cc1csc(CCCC(=O)NC(CC(C)C)C(=O)O)n1. The summed E-state index contributed by atoms with van der Waals surface area (Å²) in [5, 5.41) is 14.6. The van der Waals surface area contributed by atoms with Crippen molar-refractivity contribution < 1.29 is 14.7 Å². The summed E-state index contributed by atoms with van der Waals surface area (Å²) < 4.78 is 0. The number of carboxylic acid groups (broad SMARTS) is 1. The van der Waals surface area contributed by atoms with Crippen LogP contribution in [-0.2, 0) is 16.0 Å². The zero-order valence-corrected chi connectivity index (χ0v) is 13.0. The number of hydrogen-bond acceptors (Lipinski definition) is 4. The summed E-state index contributed by atoms with van der Waals surface area (Å²) in [7, 11) is 0. The molecule has 1 unspecified atom stereocenters. The molecule has 1 rings (SSSR count). The van der Waals surface area contributed by atoms with Gasteiger partial charge in [0.1, 0.15) is 6.04 Å². The summed E-state index contributed by atoms with van der Waals surface area (Å²) in [6.07, 6.45) is 2.23. The Morgan fingerprint density at radius 1 is 1.45 bits per heavy atom. The number of rotatable bonds is 8. The molecule has 0 aliphatic rings. The van der Waals surface area contributed by atoms with Crippen molar-refractivity contribution in [2.45, 2.75) is 52.5 Å². The van der Waals surface area contributed by atoms with Crippen molar-refractivity contribution in [1.29, 1.82) is 0 Å². The summed E-state index contributed by atoms with van der Waals surface area (Å²) in [6, 6.07) is -0.787. The molecule has 0 aliphatic carbocycles. The zero-order chi connectivity index (χ0) is 15.1. The van der Waals surface area contributed by atoms with E-state index in [1.807, 2.05) is 26.2 Å². The number of aryl methyl sites for hydroxylation is 2. The fourth-order valence-electron chi connectivity index (χ4n) is 1.88. The number of amides is 1. The number of thiazole rings is 1. The van der Waals surface area contributed by atoms with Gasteiger partial charge in [0.25, 0.3) is 0 Å². The second-order valence-corrected chi connectivity index (χ2v) is 6.27. The van der Waals surface area contributed by atoms with Crippen molar-refractivity contribution in [3.05, 3.63) is 16.1 Å². The monoisotopic (exact) mass is 298 g/mol. The lowest BCUT2D eigenvalue weighted by atomic mass is 10.0. The van der Waals surface area contributed by atoms with Gasteiger partial charge in [-0.1, -0.05) is 13.8 Å². The number of carbonyl (C=O) groups is 2. The average Bonchev–Trinajstić information content (AvgIpc) is 2.73. The van der Waals surface area contributed by atoms with E-state index in [1.54, 1.807) is 11.3 Å². The Kier molecular flexibility index (Phi) is 6.64. The van der Waals surface area contributed by atoms with Gasteiger partial charge in [-0.05, 0) is 32.1 Å². The number of nitrogens with one attached hydrogen (secondary N) is 1. The van der Waals surface area contributed by atoms with E-state index in [2.05, 4.69) is 10.3 Å². The Bertz CT molecular complexity index is 457. The minimum absolute atomic E-state index is 0.202. The number of nitrogens with zero attached hydrogens (tertiary/aromatic N) is 1. The Hall–Kier alpha value is -1.43. The predicted molar refractivity (Wildman–Crippen MR) is 78.8 cm³/mol. The molecule has 0 radical (unpaired) electrons. The molecule has 0 aliphatic heterocycles. The summed E-state index contributed by atoms with van der Waals surface area (Å²) >= 11 is 1.59. The van der Waals surface area contributed by atoms with E-state index in [0.29, 0.717) is 19.3 Å². The summed E-state index contributed by atoms with van der Waals surface area (Å²) in [6.45, 7) is 5.82. The molecule has 0 spiro atoms. The number of carbonyl (C=O) groups excluding carboxylic acids is 1. The highest BCUT2D eigenvalue weighted by Crippen LogP contribution is 2.12. The lowest BCUT2D eigenvalue weighted by molar-refractivity contribution is -0.142. The fraction of sp³-hybridized carbons (Fsp3) is 0.643. The van der Waals surface area contributed by atoms with Crippen LogP contribution in [0.3, 0.4) is 0 Å². The largest absolute Gasteiger partial charge is 0.480 e. The molecule has 1 aromatic heterocycles. The first-order chi connectivity index (χ1) is 9.38. The average molecular weight is 298 g/mol. The number of aliphatic carboxylic acids is 1. The van der Waals surface area contributed by atoms with Gasteiger partial charge in [-0.25, -0.2) is 9.78 Å². The fourth-order valence-corrected chi connectivity index (χ4v) is 2.70. The van der Waals surface area contributed by atoms with Crippen LogP contribution in [0.5, 0.6) is 0 Å². The molecular formula is C14H22N2O3S. The van der Waals surface area contributed by atoms with E-state index in [4.69, 9.17) is 5.11 Å². The van der Waals surface area contributed by atoms with Crippen molar-refractivity contribution >= 4 is 23.2 Å². The van der Waals surface area contributed by atoms with Gasteiger partial charge in [0, 0.05) is 17.5 Å². The molecule has 5 nitrogen and oxygen atoms in total. The molecule has 0 aromatic carbocycles. The molecule has 2 N–H and O–H groups in total. The maximum absolute atomic E-state index is 11.7. The Labute approximate surface area is 123 Å². The van der Waals surface area contributed by atoms with Crippen molar-refractivity contribution in [2.24, 2.45) is 5.92 Å². The standard InChI is InChI=1S/C14H22N2O3S/c1-9(2)7-11(14(18)19)16-12(17)5-4-6-13-15-10(3)8-20-13/h8-9,11H,4-7H2,1-3H3,(H,16,17)(H,18,19). The van der Waals surface area contributed by atoms with Crippen molar-refractivity contribution in [1.82, 2.24) is 10.3 Å². The van der Waals surface area contributed by atoms with Gasteiger partial charge in [-0.2, -0.15) is 0 Å². The van der Waals surface area contributed by atoms with Crippen LogP contribution in [0.25, 0.3) is 0 Å². The van der Waals surface area contributed by atoms with Crippen LogP contribution < -0.4 is 5.32 Å². The van der Waals surface area contributed by atoms with Crippen LogP contribution in [0, 0.1) is 12.8 Å². The second-order valence-electron chi connectivity index (χ2n) is 5.32. The van der Waals surface area contributed by atoms with Crippen LogP contribution >= 0.6 is 11.3 Å². The highest BCUT2D eigenvalue weighted by Gasteiger charge is 2.20. The van der Waals surface area contributed by atoms with E-state index in [-0.39, 0.29) is 11.8 Å². The maximum atomic E-state index is 11.7. The third kappa shape index (κ3) is 6.14. The Morgan fingerprint density at radius 3 is 2.65 bits per heavy atom. The van der Waals surface area contributed by atoms with Gasteiger partial charge < -0.3 is 10.4 Å². The molecule has 0 saturated heterocycles. The van der Waals surface area contributed by atoms with Gasteiger partial charge in [0.2, 0.25) is 5.91 Å². The third-order valence-electron chi connectivity index (χ3n) is 2.80. The Morgan fingerprint density at radius 2 is 2.15 bits per heavy atom. The van der Waals surface area contributed by atoms with Crippen molar-refractivity contribution in [2.75, 3.05) is 0 Å². The summed E-state index contributed by atoms with van der Waals surface area (Å²) in [5.74, 6) is -0.941. The minimum atomic E-state index is -0.970. The van der Waals surface area contributed by atoms with Crippen molar-refractivity contribution in [3.63, 3.8) is 0 Å². The molecule has 1 aromatic rings. The van der Waals surface area contributed by atoms with Crippen LogP contribution in [0.2, 0.25) is 0 Å². The van der Waals surface area contributed by atoms with E-state index in [0.717, 1.165) is 17.1 Å². The van der Waals surface area contributed by atoms with E-state index < -0.39 is 12.0 Å². The van der Waals surface area contributed by atoms with Gasteiger partial charge in [0.15, 0.2) is 0 Å². The van der Waals surface area contributed by atoms with E-state index >= 15 is 0 Å². The maximum Gasteiger partial charge on any atom is 0.326 e. The zero-order valence-electron chi connectivity index (χ0n) is 12.2.